The Kier molecular flexibility index (Phi) is 4.99. The van der Waals surface area contributed by atoms with Crippen molar-refractivity contribution in [1.82, 2.24) is 14.5 Å². The fraction of sp³-hybridized carbons (Fsp3) is 0.0833. The van der Waals surface area contributed by atoms with Crippen LogP contribution in [0.1, 0.15) is 20.8 Å². The smallest absolute Gasteiger partial charge is 0.266 e. The molecule has 6 nitrogen and oxygen atoms in total. The van der Waals surface area contributed by atoms with E-state index in [9.17, 15) is 14.0 Å². The van der Waals surface area contributed by atoms with Gasteiger partial charge in [0.05, 0.1) is 40.5 Å². The van der Waals surface area contributed by atoms with Crippen molar-refractivity contribution in [3.8, 4) is 0 Å². The average molecular weight is 444 g/mol. The lowest BCUT2D eigenvalue weighted by Crippen LogP contribution is -2.21. The standard InChI is InChI=1S/C24H17FN4O2S/c1-14-20-23(27-13-29(24(20)31)12-16-7-2-4-8-18(16)25)32-21(14)22(30)28-17-10-15-6-3-5-9-19(15)26-11-17/h2-11,13H,12H2,1H3,(H,28,30). The molecule has 0 aliphatic carbocycles. The molecule has 3 heterocycles. The molecule has 0 spiro atoms. The van der Waals surface area contributed by atoms with Crippen molar-refractivity contribution in [2.24, 2.45) is 0 Å². The monoisotopic (exact) mass is 444 g/mol. The summed E-state index contributed by atoms with van der Waals surface area (Å²) in [6.07, 6.45) is 2.99. The molecular weight excluding hydrogens is 427 g/mol. The number of carbonyl (C=O) groups is 1. The van der Waals surface area contributed by atoms with Crippen LogP contribution in [-0.2, 0) is 6.54 Å². The molecule has 0 bridgehead atoms. The van der Waals surface area contributed by atoms with Gasteiger partial charge >= 0.3 is 0 Å². The first-order valence-corrected chi connectivity index (χ1v) is 10.7. The van der Waals surface area contributed by atoms with Crippen LogP contribution in [0.15, 0.2) is 71.9 Å². The number of nitrogens with zero attached hydrogens (tertiary/aromatic N) is 3. The summed E-state index contributed by atoms with van der Waals surface area (Å²) in [6.45, 7) is 1.79. The number of aromatic nitrogens is 3. The Labute approximate surface area is 186 Å². The molecule has 5 aromatic rings. The van der Waals surface area contributed by atoms with Gasteiger partial charge in [0.15, 0.2) is 0 Å². The highest BCUT2D eigenvalue weighted by molar-refractivity contribution is 7.20. The fourth-order valence-electron chi connectivity index (χ4n) is 3.63. The number of amides is 1. The van der Waals surface area contributed by atoms with Crippen LogP contribution in [0, 0.1) is 12.7 Å². The number of hydrogen-bond acceptors (Lipinski definition) is 5. The summed E-state index contributed by atoms with van der Waals surface area (Å²) in [4.78, 5) is 35.6. The van der Waals surface area contributed by atoms with Crippen molar-refractivity contribution in [1.29, 1.82) is 0 Å². The molecule has 3 aromatic heterocycles. The second-order valence-electron chi connectivity index (χ2n) is 7.38. The minimum Gasteiger partial charge on any atom is -0.320 e. The van der Waals surface area contributed by atoms with E-state index < -0.39 is 0 Å². The van der Waals surface area contributed by atoms with E-state index in [0.717, 1.165) is 22.2 Å². The normalized spacial score (nSPS) is 11.2. The van der Waals surface area contributed by atoms with Crippen molar-refractivity contribution >= 4 is 44.1 Å². The van der Waals surface area contributed by atoms with Gasteiger partial charge in [-0.3, -0.25) is 19.1 Å². The maximum atomic E-state index is 14.0. The zero-order chi connectivity index (χ0) is 22.2. The number of pyridine rings is 1. The number of carbonyl (C=O) groups excluding carboxylic acids is 1. The molecule has 0 aliphatic heterocycles. The molecule has 0 radical (unpaired) electrons. The molecule has 0 unspecified atom stereocenters. The van der Waals surface area contributed by atoms with E-state index in [1.807, 2.05) is 30.3 Å². The van der Waals surface area contributed by atoms with E-state index in [2.05, 4.69) is 15.3 Å². The number of halogens is 1. The van der Waals surface area contributed by atoms with Crippen molar-refractivity contribution in [2.75, 3.05) is 5.32 Å². The van der Waals surface area contributed by atoms with Crippen LogP contribution in [-0.4, -0.2) is 20.4 Å². The van der Waals surface area contributed by atoms with Crippen molar-refractivity contribution in [2.45, 2.75) is 13.5 Å². The minimum absolute atomic E-state index is 0.0635. The molecule has 0 atom stereocenters. The molecule has 0 saturated heterocycles. The summed E-state index contributed by atoms with van der Waals surface area (Å²) >= 11 is 1.16. The molecule has 2 aromatic carbocycles. The van der Waals surface area contributed by atoms with Gasteiger partial charge < -0.3 is 5.32 Å². The Morgan fingerprint density at radius 3 is 2.75 bits per heavy atom. The third-order valence-corrected chi connectivity index (χ3v) is 6.47. The first-order valence-electron chi connectivity index (χ1n) is 9.89. The number of fused-ring (bicyclic) bond motifs is 2. The van der Waals surface area contributed by atoms with E-state index in [-0.39, 0.29) is 23.8 Å². The SMILES string of the molecule is Cc1c(C(=O)Nc2cnc3ccccc3c2)sc2ncn(Cc3ccccc3F)c(=O)c12. The Bertz CT molecular complexity index is 1560. The summed E-state index contributed by atoms with van der Waals surface area (Å²) in [7, 11) is 0. The van der Waals surface area contributed by atoms with Crippen LogP contribution >= 0.6 is 11.3 Å². The first-order chi connectivity index (χ1) is 15.5. The van der Waals surface area contributed by atoms with Gasteiger partial charge in [0.2, 0.25) is 0 Å². The predicted octanol–water partition coefficient (Wildman–Crippen LogP) is 4.75. The first kappa shape index (κ1) is 20.0. The number of anilines is 1. The maximum absolute atomic E-state index is 14.0. The van der Waals surface area contributed by atoms with Crippen LogP contribution in [0.25, 0.3) is 21.1 Å². The number of nitrogens with one attached hydrogen (secondary N) is 1. The van der Waals surface area contributed by atoms with Crippen LogP contribution < -0.4 is 10.9 Å². The topological polar surface area (TPSA) is 76.9 Å². The number of para-hydroxylation sites is 1. The van der Waals surface area contributed by atoms with Gasteiger partial charge in [0, 0.05) is 10.9 Å². The predicted molar refractivity (Wildman–Crippen MR) is 124 cm³/mol. The van der Waals surface area contributed by atoms with Crippen molar-refractivity contribution in [3.05, 3.63) is 99.3 Å². The van der Waals surface area contributed by atoms with E-state index in [0.29, 0.717) is 31.9 Å². The highest BCUT2D eigenvalue weighted by Gasteiger charge is 2.20. The average Bonchev–Trinajstić information content (AvgIpc) is 3.14. The second kappa shape index (κ2) is 7.97. The number of benzene rings is 2. The third kappa shape index (κ3) is 3.54. The third-order valence-electron chi connectivity index (χ3n) is 5.27. The summed E-state index contributed by atoms with van der Waals surface area (Å²) in [6, 6.07) is 15.8. The van der Waals surface area contributed by atoms with Gasteiger partial charge in [0.1, 0.15) is 10.6 Å². The molecule has 8 heteroatoms. The summed E-state index contributed by atoms with van der Waals surface area (Å²) in [5.74, 6) is -0.715. The Hall–Kier alpha value is -3.91. The molecule has 0 aliphatic rings. The lowest BCUT2D eigenvalue weighted by atomic mass is 10.2. The Balaban J connectivity index is 1.48. The highest BCUT2D eigenvalue weighted by Crippen LogP contribution is 2.28. The number of rotatable bonds is 4. The molecule has 0 fully saturated rings. The van der Waals surface area contributed by atoms with Gasteiger partial charge in [-0.1, -0.05) is 36.4 Å². The molecular formula is C24H17FN4O2S. The fourth-order valence-corrected chi connectivity index (χ4v) is 4.66. The number of hydrogen-bond donors (Lipinski definition) is 1. The number of thiophene rings is 1. The highest BCUT2D eigenvalue weighted by atomic mass is 32.1. The van der Waals surface area contributed by atoms with E-state index >= 15 is 0 Å². The molecule has 32 heavy (non-hydrogen) atoms. The van der Waals surface area contributed by atoms with Crippen LogP contribution in [0.2, 0.25) is 0 Å². The van der Waals surface area contributed by atoms with E-state index in [1.165, 1.54) is 17.0 Å². The van der Waals surface area contributed by atoms with Gasteiger partial charge in [-0.15, -0.1) is 11.3 Å². The lowest BCUT2D eigenvalue weighted by molar-refractivity contribution is 0.103. The van der Waals surface area contributed by atoms with Crippen molar-refractivity contribution < 1.29 is 9.18 Å². The van der Waals surface area contributed by atoms with Crippen LogP contribution in [0.4, 0.5) is 10.1 Å². The lowest BCUT2D eigenvalue weighted by Gasteiger charge is -2.07. The second-order valence-corrected chi connectivity index (χ2v) is 8.38. The zero-order valence-electron chi connectivity index (χ0n) is 17.0. The molecule has 1 N–H and O–H groups in total. The summed E-state index contributed by atoms with van der Waals surface area (Å²) in [5, 5.41) is 4.14. The van der Waals surface area contributed by atoms with Gasteiger partial charge in [0.25, 0.3) is 11.5 Å². The maximum Gasteiger partial charge on any atom is 0.266 e. The van der Waals surface area contributed by atoms with Crippen molar-refractivity contribution in [3.63, 3.8) is 0 Å². The molecule has 158 valence electrons. The molecule has 5 rings (SSSR count). The van der Waals surface area contributed by atoms with E-state index in [1.54, 1.807) is 31.3 Å². The van der Waals surface area contributed by atoms with Gasteiger partial charge in [-0.05, 0) is 30.7 Å². The van der Waals surface area contributed by atoms with E-state index in [4.69, 9.17) is 0 Å². The zero-order valence-corrected chi connectivity index (χ0v) is 17.8. The van der Waals surface area contributed by atoms with Gasteiger partial charge in [-0.2, -0.15) is 0 Å². The summed E-state index contributed by atoms with van der Waals surface area (Å²) in [5.41, 5.74) is 2.04. The molecule has 1 amide bonds. The summed E-state index contributed by atoms with van der Waals surface area (Å²) < 4.78 is 15.4. The van der Waals surface area contributed by atoms with Gasteiger partial charge in [-0.25, -0.2) is 9.37 Å². The molecule has 0 saturated carbocycles. The largest absolute Gasteiger partial charge is 0.320 e. The Morgan fingerprint density at radius 1 is 1.12 bits per heavy atom. The number of aryl methyl sites for hydroxylation is 1. The Morgan fingerprint density at radius 2 is 1.91 bits per heavy atom. The minimum atomic E-state index is -0.384. The van der Waals surface area contributed by atoms with Crippen LogP contribution in [0.3, 0.4) is 0 Å². The van der Waals surface area contributed by atoms with Crippen LogP contribution in [0.5, 0.6) is 0 Å². The quantitative estimate of drug-likeness (QED) is 0.434.